The van der Waals surface area contributed by atoms with E-state index in [1.165, 1.54) is 6.20 Å². The van der Waals surface area contributed by atoms with E-state index in [0.717, 1.165) is 18.4 Å². The Balaban J connectivity index is 1.64. The number of esters is 1. The second kappa shape index (κ2) is 10.3. The summed E-state index contributed by atoms with van der Waals surface area (Å²) in [5, 5.41) is 7.22. The van der Waals surface area contributed by atoms with Crippen LogP contribution in [0.3, 0.4) is 0 Å². The molecule has 0 radical (unpaired) electrons. The zero-order valence-corrected chi connectivity index (χ0v) is 17.2. The van der Waals surface area contributed by atoms with Crippen molar-refractivity contribution in [1.29, 1.82) is 0 Å². The summed E-state index contributed by atoms with van der Waals surface area (Å²) in [6.45, 7) is 3.65. The van der Waals surface area contributed by atoms with Crippen molar-refractivity contribution < 1.29 is 14.3 Å². The molecule has 1 aromatic carbocycles. The highest BCUT2D eigenvalue weighted by Gasteiger charge is 2.21. The molecule has 0 aliphatic heterocycles. The topological polar surface area (TPSA) is 86.1 Å². The van der Waals surface area contributed by atoms with Gasteiger partial charge in [0.25, 0.3) is 5.91 Å². The summed E-state index contributed by atoms with van der Waals surface area (Å²) in [7, 11) is 0. The van der Waals surface area contributed by atoms with E-state index in [1.807, 2.05) is 55.5 Å². The minimum atomic E-state index is -0.573. The van der Waals surface area contributed by atoms with Gasteiger partial charge in [-0.3, -0.25) is 4.79 Å². The Labute approximate surface area is 176 Å². The number of nitrogens with zero attached hydrogens (tertiary/aromatic N) is 3. The predicted octanol–water partition coefficient (Wildman–Crippen LogP) is 3.64. The molecule has 0 aliphatic carbocycles. The van der Waals surface area contributed by atoms with Gasteiger partial charge in [0.1, 0.15) is 5.56 Å². The molecule has 30 heavy (non-hydrogen) atoms. The number of amides is 1. The number of ether oxygens (including phenoxy) is 1. The second-order valence-corrected chi connectivity index (χ2v) is 6.85. The first-order valence-corrected chi connectivity index (χ1v) is 10.1. The summed E-state index contributed by atoms with van der Waals surface area (Å²) in [5.41, 5.74) is 2.06. The molecule has 1 atom stereocenters. The lowest BCUT2D eigenvalue weighted by Crippen LogP contribution is -2.32. The van der Waals surface area contributed by atoms with Gasteiger partial charge in [-0.2, -0.15) is 5.10 Å². The van der Waals surface area contributed by atoms with Gasteiger partial charge in [0, 0.05) is 6.20 Å². The summed E-state index contributed by atoms with van der Waals surface area (Å²) in [6, 6.07) is 15.1. The maximum absolute atomic E-state index is 12.6. The van der Waals surface area contributed by atoms with Crippen molar-refractivity contribution in [2.24, 2.45) is 0 Å². The smallest absolute Gasteiger partial charge is 0.342 e. The van der Waals surface area contributed by atoms with Crippen LogP contribution in [0.2, 0.25) is 0 Å². The monoisotopic (exact) mass is 406 g/mol. The first-order valence-electron chi connectivity index (χ1n) is 10.1. The number of hydrogen-bond acceptors (Lipinski definition) is 5. The molecular weight excluding hydrogens is 380 g/mol. The molecule has 1 N–H and O–H groups in total. The quantitative estimate of drug-likeness (QED) is 0.548. The van der Waals surface area contributed by atoms with Crippen LogP contribution in [0.1, 0.15) is 54.3 Å². The Morgan fingerprint density at radius 3 is 2.53 bits per heavy atom. The van der Waals surface area contributed by atoms with E-state index in [-0.39, 0.29) is 18.6 Å². The molecule has 7 nitrogen and oxygen atoms in total. The molecule has 0 fully saturated rings. The van der Waals surface area contributed by atoms with Gasteiger partial charge < -0.3 is 10.1 Å². The molecule has 7 heteroatoms. The van der Waals surface area contributed by atoms with Crippen molar-refractivity contribution >= 4 is 11.9 Å². The van der Waals surface area contributed by atoms with E-state index in [9.17, 15) is 9.59 Å². The average Bonchev–Trinajstić information content (AvgIpc) is 3.22. The fourth-order valence-corrected chi connectivity index (χ4v) is 3.30. The molecule has 0 aliphatic rings. The molecule has 0 saturated heterocycles. The van der Waals surface area contributed by atoms with Crippen molar-refractivity contribution in [3.63, 3.8) is 0 Å². The molecule has 3 rings (SSSR count). The second-order valence-electron chi connectivity index (χ2n) is 6.85. The van der Waals surface area contributed by atoms with Crippen LogP contribution in [-0.4, -0.2) is 33.2 Å². The van der Waals surface area contributed by atoms with Crippen LogP contribution in [0.5, 0.6) is 0 Å². The van der Waals surface area contributed by atoms with Crippen molar-refractivity contribution in [1.82, 2.24) is 20.1 Å². The lowest BCUT2D eigenvalue weighted by atomic mass is 10.0. The number of carbonyl (C=O) groups is 2. The third kappa shape index (κ3) is 5.11. The van der Waals surface area contributed by atoms with E-state index in [1.54, 1.807) is 10.9 Å². The van der Waals surface area contributed by atoms with Crippen LogP contribution >= 0.6 is 0 Å². The first-order chi connectivity index (χ1) is 14.6. The Bertz CT molecular complexity index is 971. The largest absolute Gasteiger partial charge is 0.452 e. The van der Waals surface area contributed by atoms with E-state index in [0.29, 0.717) is 23.5 Å². The molecule has 0 saturated carbocycles. The Morgan fingerprint density at radius 2 is 1.87 bits per heavy atom. The molecule has 0 bridgehead atoms. The van der Waals surface area contributed by atoms with Crippen LogP contribution in [0.25, 0.3) is 5.82 Å². The molecular formula is C23H26N4O3. The van der Waals surface area contributed by atoms with Crippen molar-refractivity contribution in [3.05, 3.63) is 77.7 Å². The zero-order valence-electron chi connectivity index (χ0n) is 17.2. The third-order valence-electron chi connectivity index (χ3n) is 4.74. The number of aromatic nitrogens is 3. The highest BCUT2D eigenvalue weighted by molar-refractivity contribution is 5.92. The van der Waals surface area contributed by atoms with Crippen LogP contribution in [0, 0.1) is 0 Å². The zero-order chi connectivity index (χ0) is 21.3. The Kier molecular flexibility index (Phi) is 7.32. The molecule has 1 unspecified atom stereocenters. The lowest BCUT2D eigenvalue weighted by molar-refractivity contribution is -0.125. The summed E-state index contributed by atoms with van der Waals surface area (Å²) in [6.07, 6.45) is 5.42. The van der Waals surface area contributed by atoms with Crippen LogP contribution in [-0.2, 0) is 16.0 Å². The number of nitrogens with one attached hydrogen (secondary N) is 1. The van der Waals surface area contributed by atoms with E-state index >= 15 is 0 Å². The van der Waals surface area contributed by atoms with Crippen LogP contribution in [0.4, 0.5) is 0 Å². The van der Waals surface area contributed by atoms with Gasteiger partial charge in [-0.1, -0.05) is 56.7 Å². The van der Waals surface area contributed by atoms with Crippen molar-refractivity contribution in [2.75, 3.05) is 6.61 Å². The fraction of sp³-hybridized carbons (Fsp3) is 0.304. The maximum atomic E-state index is 12.6. The molecule has 2 aromatic heterocycles. The number of hydrogen-bond donors (Lipinski definition) is 1. The minimum Gasteiger partial charge on any atom is -0.452 e. The van der Waals surface area contributed by atoms with Crippen molar-refractivity contribution in [2.45, 2.75) is 39.2 Å². The van der Waals surface area contributed by atoms with Gasteiger partial charge >= 0.3 is 5.97 Å². The maximum Gasteiger partial charge on any atom is 0.342 e. The Hall–Kier alpha value is -3.48. The van der Waals surface area contributed by atoms with Gasteiger partial charge in [-0.05, 0) is 30.5 Å². The summed E-state index contributed by atoms with van der Waals surface area (Å²) in [4.78, 5) is 29.2. The number of pyridine rings is 1. The average molecular weight is 406 g/mol. The molecule has 2 heterocycles. The standard InChI is InChI=1S/C23H26N4O3/c1-3-10-19(17-11-6-5-7-12-17)26-22(28)16-30-23(29)18-15-25-27(20(18)4-2)21-13-8-9-14-24-21/h5-9,11-15,19H,3-4,10,16H2,1-2H3,(H,26,28). The van der Waals surface area contributed by atoms with Crippen molar-refractivity contribution in [3.8, 4) is 5.82 Å². The van der Waals surface area contributed by atoms with Gasteiger partial charge in [0.05, 0.1) is 17.9 Å². The lowest BCUT2D eigenvalue weighted by Gasteiger charge is -2.18. The third-order valence-corrected chi connectivity index (χ3v) is 4.74. The first kappa shape index (κ1) is 21.2. The fourth-order valence-electron chi connectivity index (χ4n) is 3.30. The van der Waals surface area contributed by atoms with Gasteiger partial charge in [-0.25, -0.2) is 14.5 Å². The number of benzene rings is 1. The minimum absolute atomic E-state index is 0.111. The van der Waals surface area contributed by atoms with Gasteiger partial charge in [0.2, 0.25) is 0 Å². The predicted molar refractivity (Wildman–Crippen MR) is 113 cm³/mol. The number of carbonyl (C=O) groups excluding carboxylic acids is 2. The highest BCUT2D eigenvalue weighted by Crippen LogP contribution is 2.18. The van der Waals surface area contributed by atoms with E-state index in [2.05, 4.69) is 22.3 Å². The molecule has 3 aromatic rings. The number of rotatable bonds is 9. The summed E-state index contributed by atoms with van der Waals surface area (Å²) in [5.74, 6) is -0.284. The van der Waals surface area contributed by atoms with Gasteiger partial charge in [0.15, 0.2) is 12.4 Å². The van der Waals surface area contributed by atoms with Gasteiger partial charge in [-0.15, -0.1) is 0 Å². The molecule has 0 spiro atoms. The summed E-state index contributed by atoms with van der Waals surface area (Å²) < 4.78 is 6.89. The van der Waals surface area contributed by atoms with Crippen LogP contribution < -0.4 is 5.32 Å². The normalized spacial score (nSPS) is 11.7. The highest BCUT2D eigenvalue weighted by atomic mass is 16.5. The van der Waals surface area contributed by atoms with E-state index in [4.69, 9.17) is 4.74 Å². The molecule has 156 valence electrons. The summed E-state index contributed by atoms with van der Waals surface area (Å²) >= 11 is 0. The SMILES string of the molecule is CCCC(NC(=O)COC(=O)c1cnn(-c2ccccn2)c1CC)c1ccccc1. The van der Waals surface area contributed by atoms with E-state index < -0.39 is 5.97 Å². The molecule has 1 amide bonds. The van der Waals surface area contributed by atoms with Crippen LogP contribution in [0.15, 0.2) is 60.9 Å². The Morgan fingerprint density at radius 1 is 1.10 bits per heavy atom.